The maximum atomic E-state index is 11.7. The lowest BCUT2D eigenvalue weighted by Crippen LogP contribution is -2.51. The van der Waals surface area contributed by atoms with Crippen molar-refractivity contribution in [2.75, 3.05) is 14.2 Å². The van der Waals surface area contributed by atoms with E-state index in [9.17, 15) is 14.7 Å². The Bertz CT molecular complexity index is 304. The van der Waals surface area contributed by atoms with Crippen LogP contribution < -0.4 is 0 Å². The number of hydrogen-bond donors (Lipinski definition) is 1. The van der Waals surface area contributed by atoms with Gasteiger partial charge in [0.2, 0.25) is 0 Å². The van der Waals surface area contributed by atoms with Gasteiger partial charge in [-0.05, 0) is 13.5 Å². The molecule has 0 aromatic carbocycles. The van der Waals surface area contributed by atoms with Gasteiger partial charge in [-0.1, -0.05) is 0 Å². The second kappa shape index (κ2) is 3.57. The number of rotatable bonds is 1. The highest BCUT2D eigenvalue weighted by Gasteiger charge is 2.52. The number of nitrogens with zero attached hydrogens (tertiary/aromatic N) is 1. The fourth-order valence-electron chi connectivity index (χ4n) is 2.70. The van der Waals surface area contributed by atoms with Crippen LogP contribution in [0.3, 0.4) is 0 Å². The Hall–Kier alpha value is -0.940. The SMILES string of the molecule is COC(=O)C1C(=O)CC2C(O)CC1N2C. The minimum Gasteiger partial charge on any atom is -0.468 e. The third-order valence-corrected chi connectivity index (χ3v) is 3.57. The number of esters is 1. The van der Waals surface area contributed by atoms with Crippen LogP contribution in [0.25, 0.3) is 0 Å². The summed E-state index contributed by atoms with van der Waals surface area (Å²) >= 11 is 0. The molecule has 2 saturated heterocycles. The van der Waals surface area contributed by atoms with E-state index in [1.165, 1.54) is 7.11 Å². The van der Waals surface area contributed by atoms with Crippen molar-refractivity contribution in [1.82, 2.24) is 4.90 Å². The van der Waals surface area contributed by atoms with Crippen molar-refractivity contribution in [3.05, 3.63) is 0 Å². The van der Waals surface area contributed by atoms with Crippen molar-refractivity contribution < 1.29 is 19.4 Å². The summed E-state index contributed by atoms with van der Waals surface area (Å²) in [5.41, 5.74) is 0. The number of ketones is 1. The van der Waals surface area contributed by atoms with Crippen LogP contribution in [0.4, 0.5) is 0 Å². The van der Waals surface area contributed by atoms with E-state index >= 15 is 0 Å². The normalized spacial score (nSPS) is 40.6. The number of methoxy groups -OCH3 is 1. The molecule has 0 aliphatic carbocycles. The molecule has 2 aliphatic heterocycles. The minimum absolute atomic E-state index is 0.105. The molecule has 15 heavy (non-hydrogen) atoms. The van der Waals surface area contributed by atoms with E-state index in [4.69, 9.17) is 0 Å². The first kappa shape index (κ1) is 10.6. The predicted molar refractivity (Wildman–Crippen MR) is 51.1 cm³/mol. The lowest BCUT2D eigenvalue weighted by atomic mass is 9.89. The zero-order valence-electron chi connectivity index (χ0n) is 8.84. The number of aliphatic hydroxyl groups excluding tert-OH is 1. The monoisotopic (exact) mass is 213 g/mol. The molecule has 2 bridgehead atoms. The largest absolute Gasteiger partial charge is 0.468 e. The number of fused-ring (bicyclic) bond motifs is 2. The second-order valence-corrected chi connectivity index (χ2v) is 4.27. The van der Waals surface area contributed by atoms with E-state index in [1.807, 2.05) is 11.9 Å². The molecule has 2 rings (SSSR count). The summed E-state index contributed by atoms with van der Waals surface area (Å²) in [4.78, 5) is 25.1. The van der Waals surface area contributed by atoms with Crippen LogP contribution in [0.2, 0.25) is 0 Å². The molecule has 0 amide bonds. The Labute approximate surface area is 88.0 Å². The van der Waals surface area contributed by atoms with Gasteiger partial charge in [-0.15, -0.1) is 0 Å². The molecule has 4 atom stereocenters. The topological polar surface area (TPSA) is 66.8 Å². The molecule has 2 aliphatic rings. The molecule has 1 N–H and O–H groups in total. The Morgan fingerprint density at radius 1 is 1.53 bits per heavy atom. The number of likely N-dealkylation sites (N-methyl/N-ethyl adjacent to an activating group) is 1. The molecular formula is C10H15NO4. The molecule has 5 nitrogen and oxygen atoms in total. The molecule has 2 heterocycles. The Morgan fingerprint density at radius 3 is 2.80 bits per heavy atom. The summed E-state index contributed by atoms with van der Waals surface area (Å²) < 4.78 is 4.63. The van der Waals surface area contributed by atoms with E-state index in [0.717, 1.165) is 0 Å². The highest BCUT2D eigenvalue weighted by Crippen LogP contribution is 2.36. The number of aliphatic hydroxyl groups is 1. The standard InChI is InChI=1S/C10H15NO4/c1-11-5-3-8(13)9(10(14)15-2)6(11)4-7(5)12/h5-7,9,12H,3-4H2,1-2H3. The van der Waals surface area contributed by atoms with E-state index in [0.29, 0.717) is 6.42 Å². The highest BCUT2D eigenvalue weighted by molar-refractivity contribution is 6.01. The third-order valence-electron chi connectivity index (χ3n) is 3.57. The number of carbonyl (C=O) groups excluding carboxylic acids is 2. The van der Waals surface area contributed by atoms with E-state index in [2.05, 4.69) is 4.74 Å². The van der Waals surface area contributed by atoms with Gasteiger partial charge in [-0.3, -0.25) is 14.5 Å². The molecule has 0 radical (unpaired) electrons. The van der Waals surface area contributed by atoms with Gasteiger partial charge in [0, 0.05) is 18.5 Å². The molecule has 0 spiro atoms. The number of carbonyl (C=O) groups is 2. The Balaban J connectivity index is 2.26. The van der Waals surface area contributed by atoms with Gasteiger partial charge >= 0.3 is 5.97 Å². The molecule has 4 unspecified atom stereocenters. The fraction of sp³-hybridized carbons (Fsp3) is 0.800. The number of piperidine rings is 1. The van der Waals surface area contributed by atoms with Crippen molar-refractivity contribution >= 4 is 11.8 Å². The van der Waals surface area contributed by atoms with Crippen LogP contribution in [-0.4, -0.2) is 54.1 Å². The van der Waals surface area contributed by atoms with Crippen LogP contribution in [0.5, 0.6) is 0 Å². The van der Waals surface area contributed by atoms with Crippen LogP contribution in [-0.2, 0) is 14.3 Å². The van der Waals surface area contributed by atoms with Gasteiger partial charge in [0.1, 0.15) is 11.7 Å². The molecule has 5 heteroatoms. The molecular weight excluding hydrogens is 198 g/mol. The maximum absolute atomic E-state index is 11.7. The number of ether oxygens (including phenoxy) is 1. The summed E-state index contributed by atoms with van der Waals surface area (Å²) in [6, 6.07) is -0.317. The molecule has 0 saturated carbocycles. The highest BCUT2D eigenvalue weighted by atomic mass is 16.5. The zero-order valence-corrected chi connectivity index (χ0v) is 8.84. The van der Waals surface area contributed by atoms with Gasteiger partial charge in [0.25, 0.3) is 0 Å². The molecule has 2 fully saturated rings. The quantitative estimate of drug-likeness (QED) is 0.455. The third kappa shape index (κ3) is 1.46. The first-order valence-electron chi connectivity index (χ1n) is 5.06. The van der Waals surface area contributed by atoms with Crippen LogP contribution in [0.1, 0.15) is 12.8 Å². The summed E-state index contributed by atoms with van der Waals surface area (Å²) in [6.07, 6.45) is 0.222. The van der Waals surface area contributed by atoms with Crippen LogP contribution in [0.15, 0.2) is 0 Å². The molecule has 0 aromatic rings. The van der Waals surface area contributed by atoms with Crippen molar-refractivity contribution in [3.8, 4) is 0 Å². The van der Waals surface area contributed by atoms with Crippen molar-refractivity contribution in [2.24, 2.45) is 5.92 Å². The van der Waals surface area contributed by atoms with Gasteiger partial charge in [-0.25, -0.2) is 0 Å². The first-order valence-corrected chi connectivity index (χ1v) is 5.06. The maximum Gasteiger partial charge on any atom is 0.317 e. The lowest BCUT2D eigenvalue weighted by Gasteiger charge is -2.34. The zero-order chi connectivity index (χ0) is 11.2. The molecule has 0 aromatic heterocycles. The van der Waals surface area contributed by atoms with Crippen molar-refractivity contribution in [3.63, 3.8) is 0 Å². The second-order valence-electron chi connectivity index (χ2n) is 4.27. The fourth-order valence-corrected chi connectivity index (χ4v) is 2.70. The van der Waals surface area contributed by atoms with Gasteiger partial charge in [0.15, 0.2) is 0 Å². The Kier molecular flexibility index (Phi) is 2.52. The smallest absolute Gasteiger partial charge is 0.317 e. The van der Waals surface area contributed by atoms with E-state index < -0.39 is 18.0 Å². The van der Waals surface area contributed by atoms with E-state index in [-0.39, 0.29) is 24.3 Å². The van der Waals surface area contributed by atoms with Crippen LogP contribution in [0, 0.1) is 5.92 Å². The van der Waals surface area contributed by atoms with Crippen LogP contribution >= 0.6 is 0 Å². The average Bonchev–Trinajstić information content (AvgIpc) is 2.39. The predicted octanol–water partition coefficient (Wildman–Crippen LogP) is -0.818. The summed E-state index contributed by atoms with van der Waals surface area (Å²) in [5.74, 6) is -1.30. The van der Waals surface area contributed by atoms with Crippen molar-refractivity contribution in [1.29, 1.82) is 0 Å². The average molecular weight is 213 g/mol. The Morgan fingerprint density at radius 2 is 2.20 bits per heavy atom. The first-order chi connectivity index (χ1) is 7.06. The summed E-state index contributed by atoms with van der Waals surface area (Å²) in [7, 11) is 3.13. The number of Topliss-reactive ketones (excluding diaryl/α,β-unsaturated/α-hetero) is 1. The summed E-state index contributed by atoms with van der Waals surface area (Å²) in [6.45, 7) is 0. The minimum atomic E-state index is -0.714. The van der Waals surface area contributed by atoms with Gasteiger partial charge in [0.05, 0.1) is 13.2 Å². The number of hydrogen-bond acceptors (Lipinski definition) is 5. The van der Waals surface area contributed by atoms with Gasteiger partial charge in [-0.2, -0.15) is 0 Å². The lowest BCUT2D eigenvalue weighted by molar-refractivity contribution is -0.154. The van der Waals surface area contributed by atoms with Crippen molar-refractivity contribution in [2.45, 2.75) is 31.0 Å². The summed E-state index contributed by atoms with van der Waals surface area (Å²) in [5, 5.41) is 9.71. The van der Waals surface area contributed by atoms with Gasteiger partial charge < -0.3 is 9.84 Å². The van der Waals surface area contributed by atoms with E-state index in [1.54, 1.807) is 0 Å². The molecule has 84 valence electrons.